The minimum Gasteiger partial charge on any atom is -0.466 e. The Balaban J connectivity index is 2.67. The van der Waals surface area contributed by atoms with Gasteiger partial charge in [0.2, 0.25) is 0 Å². The molecule has 0 amide bonds. The third-order valence-electron chi connectivity index (χ3n) is 2.15. The van der Waals surface area contributed by atoms with Crippen LogP contribution >= 0.6 is 0 Å². The van der Waals surface area contributed by atoms with E-state index in [4.69, 9.17) is 4.74 Å². The van der Waals surface area contributed by atoms with Crippen LogP contribution in [-0.2, 0) is 15.7 Å². The summed E-state index contributed by atoms with van der Waals surface area (Å²) in [7, 11) is 0. The van der Waals surface area contributed by atoms with Gasteiger partial charge in [-0.1, -0.05) is 0 Å². The standard InChI is InChI=1S/C10H13F3N2O2/c1-3-17-9(16)4-7(2)15-6-8(5-14-15)10(11,12)13/h5-7H,3-4H2,1-2H3. The molecule has 17 heavy (non-hydrogen) atoms. The lowest BCUT2D eigenvalue weighted by Crippen LogP contribution is -2.14. The number of halogens is 3. The number of aromatic nitrogens is 2. The monoisotopic (exact) mass is 250 g/mol. The minimum absolute atomic E-state index is 0.00713. The molecule has 0 saturated carbocycles. The van der Waals surface area contributed by atoms with Gasteiger partial charge < -0.3 is 4.74 Å². The van der Waals surface area contributed by atoms with E-state index in [9.17, 15) is 18.0 Å². The third kappa shape index (κ3) is 3.76. The molecule has 1 rings (SSSR count). The van der Waals surface area contributed by atoms with Gasteiger partial charge in [-0.3, -0.25) is 9.48 Å². The molecule has 0 aromatic carbocycles. The summed E-state index contributed by atoms with van der Waals surface area (Å²) in [5.74, 6) is -0.455. The number of esters is 1. The van der Waals surface area contributed by atoms with Crippen LogP contribution in [0.1, 0.15) is 31.9 Å². The van der Waals surface area contributed by atoms with Crippen LogP contribution in [0.4, 0.5) is 13.2 Å². The number of hydrogen-bond acceptors (Lipinski definition) is 3. The molecule has 0 bridgehead atoms. The fourth-order valence-corrected chi connectivity index (χ4v) is 1.28. The molecule has 7 heteroatoms. The number of carbonyl (C=O) groups excluding carboxylic acids is 1. The summed E-state index contributed by atoms with van der Waals surface area (Å²) in [6.45, 7) is 3.51. The lowest BCUT2D eigenvalue weighted by Gasteiger charge is -2.11. The van der Waals surface area contributed by atoms with Crippen molar-refractivity contribution in [3.63, 3.8) is 0 Å². The van der Waals surface area contributed by atoms with E-state index in [0.717, 1.165) is 17.1 Å². The molecular weight excluding hydrogens is 237 g/mol. The molecule has 0 fully saturated rings. The molecule has 1 aromatic rings. The van der Waals surface area contributed by atoms with Gasteiger partial charge in [-0.15, -0.1) is 0 Å². The van der Waals surface area contributed by atoms with Gasteiger partial charge in [-0.2, -0.15) is 18.3 Å². The number of ether oxygens (including phenoxy) is 1. The number of hydrogen-bond donors (Lipinski definition) is 0. The van der Waals surface area contributed by atoms with E-state index in [1.807, 2.05) is 0 Å². The summed E-state index contributed by atoms with van der Waals surface area (Å²) in [6, 6.07) is -0.467. The first-order chi connectivity index (χ1) is 7.84. The molecule has 1 heterocycles. The average molecular weight is 250 g/mol. The molecule has 0 N–H and O–H groups in total. The van der Waals surface area contributed by atoms with E-state index in [0.29, 0.717) is 0 Å². The normalized spacial score (nSPS) is 13.5. The molecule has 0 radical (unpaired) electrons. The zero-order valence-corrected chi connectivity index (χ0v) is 9.49. The number of carbonyl (C=O) groups is 1. The number of nitrogens with zero attached hydrogens (tertiary/aromatic N) is 2. The maximum Gasteiger partial charge on any atom is 0.419 e. The van der Waals surface area contributed by atoms with Gasteiger partial charge in [0.25, 0.3) is 0 Å². The summed E-state index contributed by atoms with van der Waals surface area (Å²) in [6.07, 6.45) is -2.81. The maximum atomic E-state index is 12.3. The summed E-state index contributed by atoms with van der Waals surface area (Å²) >= 11 is 0. The Morgan fingerprint density at radius 2 is 2.24 bits per heavy atom. The molecule has 1 aromatic heterocycles. The van der Waals surface area contributed by atoms with Crippen LogP contribution < -0.4 is 0 Å². The van der Waals surface area contributed by atoms with Gasteiger partial charge in [-0.25, -0.2) is 0 Å². The summed E-state index contributed by atoms with van der Waals surface area (Å²) in [5, 5.41) is 3.58. The molecule has 96 valence electrons. The average Bonchev–Trinajstić information content (AvgIpc) is 2.65. The largest absolute Gasteiger partial charge is 0.466 e. The zero-order valence-electron chi connectivity index (χ0n) is 9.49. The van der Waals surface area contributed by atoms with Crippen LogP contribution in [0.2, 0.25) is 0 Å². The smallest absolute Gasteiger partial charge is 0.419 e. The van der Waals surface area contributed by atoms with Gasteiger partial charge in [0.05, 0.1) is 30.8 Å². The predicted molar refractivity (Wildman–Crippen MR) is 53.2 cm³/mol. The summed E-state index contributed by atoms with van der Waals surface area (Å²) in [4.78, 5) is 11.1. The van der Waals surface area contributed by atoms with Gasteiger partial charge in [0.15, 0.2) is 0 Å². The lowest BCUT2D eigenvalue weighted by atomic mass is 10.2. The Hall–Kier alpha value is -1.53. The second-order valence-corrected chi connectivity index (χ2v) is 3.56. The molecule has 0 aliphatic carbocycles. The highest BCUT2D eigenvalue weighted by Gasteiger charge is 2.32. The minimum atomic E-state index is -4.41. The molecule has 4 nitrogen and oxygen atoms in total. The van der Waals surface area contributed by atoms with Crippen molar-refractivity contribution in [1.82, 2.24) is 9.78 Å². The van der Waals surface area contributed by atoms with Gasteiger partial charge in [-0.05, 0) is 13.8 Å². The van der Waals surface area contributed by atoms with Crippen LogP contribution in [0, 0.1) is 0 Å². The fraction of sp³-hybridized carbons (Fsp3) is 0.600. The Kier molecular flexibility index (Phi) is 4.14. The second kappa shape index (κ2) is 5.20. The van der Waals surface area contributed by atoms with Crippen molar-refractivity contribution in [2.45, 2.75) is 32.5 Å². The Morgan fingerprint density at radius 1 is 1.59 bits per heavy atom. The molecule has 0 aliphatic rings. The van der Waals surface area contributed by atoms with Crippen molar-refractivity contribution in [3.05, 3.63) is 18.0 Å². The quantitative estimate of drug-likeness (QED) is 0.771. The van der Waals surface area contributed by atoms with Crippen molar-refractivity contribution in [3.8, 4) is 0 Å². The molecule has 1 atom stereocenters. The Labute approximate surface area is 96.4 Å². The van der Waals surface area contributed by atoms with Crippen molar-refractivity contribution in [1.29, 1.82) is 0 Å². The van der Waals surface area contributed by atoms with Gasteiger partial charge in [0, 0.05) is 6.20 Å². The van der Waals surface area contributed by atoms with Crippen LogP contribution in [0.3, 0.4) is 0 Å². The van der Waals surface area contributed by atoms with Gasteiger partial charge in [0.1, 0.15) is 0 Å². The van der Waals surface area contributed by atoms with Crippen molar-refractivity contribution in [2.24, 2.45) is 0 Å². The SMILES string of the molecule is CCOC(=O)CC(C)n1cc(C(F)(F)F)cn1. The third-order valence-corrected chi connectivity index (χ3v) is 2.15. The van der Waals surface area contributed by atoms with Crippen molar-refractivity contribution >= 4 is 5.97 Å². The maximum absolute atomic E-state index is 12.3. The topological polar surface area (TPSA) is 44.1 Å². The first-order valence-corrected chi connectivity index (χ1v) is 5.11. The Bertz CT molecular complexity index is 387. The van der Waals surface area contributed by atoms with E-state index in [-0.39, 0.29) is 13.0 Å². The highest BCUT2D eigenvalue weighted by molar-refractivity contribution is 5.69. The van der Waals surface area contributed by atoms with Crippen LogP contribution in [0.15, 0.2) is 12.4 Å². The summed E-state index contributed by atoms with van der Waals surface area (Å²) < 4.78 is 42.7. The number of rotatable bonds is 4. The molecule has 0 spiro atoms. The van der Waals surface area contributed by atoms with Crippen LogP contribution in [0.5, 0.6) is 0 Å². The summed E-state index contributed by atoms with van der Waals surface area (Å²) in [5.41, 5.74) is -0.826. The first-order valence-electron chi connectivity index (χ1n) is 5.11. The lowest BCUT2D eigenvalue weighted by molar-refractivity contribution is -0.144. The van der Waals surface area contributed by atoms with Gasteiger partial charge >= 0.3 is 12.1 Å². The molecule has 1 unspecified atom stereocenters. The van der Waals surface area contributed by atoms with Crippen molar-refractivity contribution < 1.29 is 22.7 Å². The molecule has 0 saturated heterocycles. The van der Waals surface area contributed by atoms with E-state index in [1.54, 1.807) is 13.8 Å². The molecule has 0 aliphatic heterocycles. The predicted octanol–water partition coefficient (Wildman–Crippen LogP) is 2.42. The molecular formula is C10H13F3N2O2. The highest BCUT2D eigenvalue weighted by atomic mass is 19.4. The van der Waals surface area contributed by atoms with E-state index in [2.05, 4.69) is 5.10 Å². The van der Waals surface area contributed by atoms with E-state index < -0.39 is 23.8 Å². The zero-order chi connectivity index (χ0) is 13.1. The van der Waals surface area contributed by atoms with Crippen LogP contribution in [-0.4, -0.2) is 22.4 Å². The first kappa shape index (κ1) is 13.5. The van der Waals surface area contributed by atoms with E-state index in [1.165, 1.54) is 0 Å². The van der Waals surface area contributed by atoms with Crippen LogP contribution in [0.25, 0.3) is 0 Å². The van der Waals surface area contributed by atoms with E-state index >= 15 is 0 Å². The van der Waals surface area contributed by atoms with Crippen molar-refractivity contribution in [2.75, 3.05) is 6.61 Å². The second-order valence-electron chi connectivity index (χ2n) is 3.56. The fourth-order valence-electron chi connectivity index (χ4n) is 1.28. The highest BCUT2D eigenvalue weighted by Crippen LogP contribution is 2.29. The number of alkyl halides is 3. The Morgan fingerprint density at radius 3 is 2.71 bits per heavy atom.